The van der Waals surface area contributed by atoms with Crippen LogP contribution in [0.1, 0.15) is 0 Å². The molecule has 0 fully saturated rings. The van der Waals surface area contributed by atoms with Gasteiger partial charge in [0.2, 0.25) is 15.9 Å². The fourth-order valence-electron chi connectivity index (χ4n) is 2.22. The van der Waals surface area contributed by atoms with E-state index in [1.54, 1.807) is 12.1 Å². The van der Waals surface area contributed by atoms with E-state index in [4.69, 9.17) is 21.1 Å². The first-order chi connectivity index (χ1) is 12.7. The maximum Gasteiger partial charge on any atom is 0.243 e. The van der Waals surface area contributed by atoms with Crippen LogP contribution in [0.4, 0.5) is 5.69 Å². The summed E-state index contributed by atoms with van der Waals surface area (Å²) in [6.45, 7) is -0.382. The molecule has 0 saturated carbocycles. The van der Waals surface area contributed by atoms with Gasteiger partial charge in [-0.3, -0.25) is 4.79 Å². The van der Waals surface area contributed by atoms with Crippen molar-refractivity contribution in [1.29, 1.82) is 0 Å². The lowest BCUT2D eigenvalue weighted by Gasteiger charge is -2.18. The van der Waals surface area contributed by atoms with Crippen molar-refractivity contribution in [3.8, 4) is 11.5 Å². The molecule has 146 valence electrons. The number of nitrogens with one attached hydrogen (secondary N) is 1. The number of hydrogen-bond acceptors (Lipinski definition) is 5. The van der Waals surface area contributed by atoms with Crippen LogP contribution in [0.25, 0.3) is 0 Å². The third-order valence-corrected chi connectivity index (χ3v) is 6.28. The van der Waals surface area contributed by atoms with Gasteiger partial charge < -0.3 is 14.8 Å². The Balaban J connectivity index is 2.16. The van der Waals surface area contributed by atoms with E-state index < -0.39 is 15.9 Å². The van der Waals surface area contributed by atoms with Gasteiger partial charge in [-0.15, -0.1) is 0 Å². The second kappa shape index (κ2) is 8.92. The molecule has 0 unspecified atom stereocenters. The number of nitrogens with zero attached hydrogens (tertiary/aromatic N) is 1. The summed E-state index contributed by atoms with van der Waals surface area (Å²) in [5.74, 6) is 0.136. The molecule has 2 rings (SSSR count). The van der Waals surface area contributed by atoms with Gasteiger partial charge in [-0.25, -0.2) is 8.42 Å². The van der Waals surface area contributed by atoms with Crippen LogP contribution in [-0.4, -0.2) is 46.4 Å². The topological polar surface area (TPSA) is 84.9 Å². The van der Waals surface area contributed by atoms with Crippen LogP contribution in [0.3, 0.4) is 0 Å². The summed E-state index contributed by atoms with van der Waals surface area (Å²) >= 11 is 9.28. The molecule has 0 saturated heterocycles. The lowest BCUT2D eigenvalue weighted by atomic mass is 10.2. The van der Waals surface area contributed by atoms with E-state index >= 15 is 0 Å². The van der Waals surface area contributed by atoms with E-state index in [1.807, 2.05) is 0 Å². The van der Waals surface area contributed by atoms with E-state index in [0.717, 1.165) is 8.78 Å². The quantitative estimate of drug-likeness (QED) is 0.661. The molecule has 0 aliphatic carbocycles. The Morgan fingerprint density at radius 3 is 2.30 bits per heavy atom. The lowest BCUT2D eigenvalue weighted by Crippen LogP contribution is -2.35. The average Bonchev–Trinajstić information content (AvgIpc) is 2.62. The van der Waals surface area contributed by atoms with Crippen LogP contribution in [0.15, 0.2) is 45.8 Å². The van der Waals surface area contributed by atoms with Crippen LogP contribution in [0.5, 0.6) is 11.5 Å². The van der Waals surface area contributed by atoms with E-state index in [0.29, 0.717) is 22.2 Å². The first-order valence-electron chi connectivity index (χ1n) is 7.62. The van der Waals surface area contributed by atoms with Crippen molar-refractivity contribution in [2.45, 2.75) is 4.90 Å². The highest BCUT2D eigenvalue weighted by atomic mass is 79.9. The highest BCUT2D eigenvalue weighted by Gasteiger charge is 2.23. The molecular formula is C17H18BrClN2O5S. The van der Waals surface area contributed by atoms with E-state index in [9.17, 15) is 13.2 Å². The molecular weight excluding hydrogens is 460 g/mol. The minimum atomic E-state index is -3.80. The van der Waals surface area contributed by atoms with Crippen LogP contribution < -0.4 is 14.8 Å². The summed E-state index contributed by atoms with van der Waals surface area (Å²) < 4.78 is 37.2. The molecule has 0 atom stereocenters. The Morgan fingerprint density at radius 2 is 1.74 bits per heavy atom. The van der Waals surface area contributed by atoms with Crippen molar-refractivity contribution < 1.29 is 22.7 Å². The summed E-state index contributed by atoms with van der Waals surface area (Å²) in [5, 5.41) is 2.93. The standard InChI is InChI=1S/C17H18BrClN2O5S/c1-21(27(23,24)12-6-4-11(18)5-7-12)10-17(22)20-14-9-15(25-2)13(19)8-16(14)26-3/h4-9H,10H2,1-3H3,(H,20,22). The first kappa shape index (κ1) is 21.5. The number of methoxy groups -OCH3 is 2. The molecule has 0 bridgehead atoms. The van der Waals surface area contributed by atoms with Crippen molar-refractivity contribution in [1.82, 2.24) is 4.31 Å². The Morgan fingerprint density at radius 1 is 1.15 bits per heavy atom. The fraction of sp³-hybridized carbons (Fsp3) is 0.235. The van der Waals surface area contributed by atoms with Gasteiger partial charge in [0.1, 0.15) is 11.5 Å². The predicted octanol–water partition coefficient (Wildman–Crippen LogP) is 3.38. The fourth-order valence-corrected chi connectivity index (χ4v) is 3.84. The van der Waals surface area contributed by atoms with Gasteiger partial charge in [0.15, 0.2) is 0 Å². The van der Waals surface area contributed by atoms with Gasteiger partial charge in [0, 0.05) is 23.7 Å². The third kappa shape index (κ3) is 5.13. The van der Waals surface area contributed by atoms with Crippen molar-refractivity contribution in [2.24, 2.45) is 0 Å². The number of benzene rings is 2. The Kier molecular flexibility index (Phi) is 7.10. The van der Waals surface area contributed by atoms with E-state index in [1.165, 1.54) is 45.5 Å². The third-order valence-electron chi connectivity index (χ3n) is 3.64. The van der Waals surface area contributed by atoms with Crippen molar-refractivity contribution in [3.05, 3.63) is 45.9 Å². The summed E-state index contributed by atoms with van der Waals surface area (Å²) in [4.78, 5) is 12.4. The Labute approximate surface area is 171 Å². The van der Waals surface area contributed by atoms with Gasteiger partial charge >= 0.3 is 0 Å². The van der Waals surface area contributed by atoms with E-state index in [-0.39, 0.29) is 11.4 Å². The number of ether oxygens (including phenoxy) is 2. The molecule has 7 nitrogen and oxygen atoms in total. The monoisotopic (exact) mass is 476 g/mol. The highest BCUT2D eigenvalue weighted by molar-refractivity contribution is 9.10. The summed E-state index contributed by atoms with van der Waals surface area (Å²) in [7, 11) is 0.397. The van der Waals surface area contributed by atoms with Crippen LogP contribution in [-0.2, 0) is 14.8 Å². The lowest BCUT2D eigenvalue weighted by molar-refractivity contribution is -0.116. The van der Waals surface area contributed by atoms with Gasteiger partial charge in [-0.05, 0) is 24.3 Å². The number of rotatable bonds is 7. The molecule has 27 heavy (non-hydrogen) atoms. The number of carbonyl (C=O) groups is 1. The molecule has 0 aromatic heterocycles. The van der Waals surface area contributed by atoms with Crippen molar-refractivity contribution in [3.63, 3.8) is 0 Å². The zero-order valence-electron chi connectivity index (χ0n) is 14.8. The average molecular weight is 478 g/mol. The largest absolute Gasteiger partial charge is 0.495 e. The summed E-state index contributed by atoms with van der Waals surface area (Å²) in [5.41, 5.74) is 0.318. The van der Waals surface area contributed by atoms with Crippen LogP contribution in [0, 0.1) is 0 Å². The summed E-state index contributed by atoms with van der Waals surface area (Å²) in [6.07, 6.45) is 0. The zero-order valence-corrected chi connectivity index (χ0v) is 18.0. The normalized spacial score (nSPS) is 11.3. The number of hydrogen-bond donors (Lipinski definition) is 1. The predicted molar refractivity (Wildman–Crippen MR) is 107 cm³/mol. The second-order valence-corrected chi connectivity index (χ2v) is 8.82. The number of anilines is 1. The Bertz CT molecular complexity index is 935. The van der Waals surface area contributed by atoms with Gasteiger partial charge in [-0.1, -0.05) is 27.5 Å². The maximum atomic E-state index is 12.6. The molecule has 2 aromatic rings. The molecule has 0 radical (unpaired) electrons. The SMILES string of the molecule is COc1cc(NC(=O)CN(C)S(=O)(=O)c2ccc(Br)cc2)c(OC)cc1Cl. The number of amides is 1. The maximum absolute atomic E-state index is 12.6. The molecule has 10 heteroatoms. The molecule has 2 aromatic carbocycles. The number of sulfonamides is 1. The highest BCUT2D eigenvalue weighted by Crippen LogP contribution is 2.35. The molecule has 0 aliphatic rings. The minimum absolute atomic E-state index is 0.0896. The first-order valence-corrected chi connectivity index (χ1v) is 10.2. The van der Waals surface area contributed by atoms with Crippen LogP contribution in [0.2, 0.25) is 5.02 Å². The van der Waals surface area contributed by atoms with Crippen molar-refractivity contribution >= 4 is 49.1 Å². The molecule has 0 aliphatic heterocycles. The van der Waals surface area contributed by atoms with Gasteiger partial charge in [-0.2, -0.15) is 4.31 Å². The van der Waals surface area contributed by atoms with Gasteiger partial charge in [0.05, 0.1) is 36.4 Å². The second-order valence-electron chi connectivity index (χ2n) is 5.45. The number of halogens is 2. The van der Waals surface area contributed by atoms with Crippen molar-refractivity contribution in [2.75, 3.05) is 33.1 Å². The smallest absolute Gasteiger partial charge is 0.243 e. The molecule has 1 amide bonds. The minimum Gasteiger partial charge on any atom is -0.495 e. The Hall–Kier alpha value is -1.81. The molecule has 1 N–H and O–H groups in total. The van der Waals surface area contributed by atoms with Gasteiger partial charge in [0.25, 0.3) is 0 Å². The summed E-state index contributed by atoms with van der Waals surface area (Å²) in [6, 6.07) is 9.15. The van der Waals surface area contributed by atoms with Crippen LogP contribution >= 0.6 is 27.5 Å². The molecule has 0 heterocycles. The number of carbonyl (C=O) groups excluding carboxylic acids is 1. The zero-order chi connectivity index (χ0) is 20.2. The van der Waals surface area contributed by atoms with E-state index in [2.05, 4.69) is 21.2 Å². The molecule has 0 spiro atoms. The number of likely N-dealkylation sites (N-methyl/N-ethyl adjacent to an activating group) is 1.